The fraction of sp³-hybridized carbons (Fsp3) is 0.391. The fourth-order valence-corrected chi connectivity index (χ4v) is 4.01. The maximum atomic E-state index is 13.1. The Balaban J connectivity index is 2.07. The number of benzene rings is 2. The van der Waals surface area contributed by atoms with Gasteiger partial charge in [0, 0.05) is 22.8 Å². The van der Waals surface area contributed by atoms with Crippen molar-refractivity contribution in [1.82, 2.24) is 10.2 Å². The number of aryl methyl sites for hydroxylation is 1. The molecule has 4 nitrogen and oxygen atoms in total. The predicted molar refractivity (Wildman–Crippen MR) is 125 cm³/mol. The highest BCUT2D eigenvalue weighted by Crippen LogP contribution is 2.19. The molecule has 0 radical (unpaired) electrons. The summed E-state index contributed by atoms with van der Waals surface area (Å²) < 4.78 is 1.04. The molecule has 0 unspecified atom stereocenters. The lowest BCUT2D eigenvalue weighted by atomic mass is 10.1. The minimum Gasteiger partial charge on any atom is -0.352 e. The van der Waals surface area contributed by atoms with Gasteiger partial charge in [0.1, 0.15) is 6.04 Å². The Labute approximate surface area is 186 Å². The molecule has 0 aliphatic rings. The van der Waals surface area contributed by atoms with E-state index in [-0.39, 0.29) is 17.9 Å². The molecule has 0 aliphatic heterocycles. The minimum absolute atomic E-state index is 0.0261. The Morgan fingerprint density at radius 3 is 2.34 bits per heavy atom. The van der Waals surface area contributed by atoms with E-state index in [1.807, 2.05) is 69.3 Å². The van der Waals surface area contributed by atoms with Crippen LogP contribution in [0, 0.1) is 6.92 Å². The zero-order chi connectivity index (χ0) is 21.4. The summed E-state index contributed by atoms with van der Waals surface area (Å²) in [6.07, 6.45) is 0. The average Bonchev–Trinajstić information content (AvgIpc) is 2.67. The van der Waals surface area contributed by atoms with Crippen LogP contribution in [0.15, 0.2) is 53.0 Å². The first-order chi connectivity index (χ1) is 13.8. The monoisotopic (exact) mass is 476 g/mol. The standard InChI is InChI=1S/C23H29BrN2O2S/c1-16(2)25-23(28)18(4)26(13-20-8-6-5-7-17(20)3)22(27)15-29-14-19-9-11-21(24)12-10-19/h5-12,16,18H,13-15H2,1-4H3,(H,25,28)/t18-/m0/s1. The number of amides is 2. The summed E-state index contributed by atoms with van der Waals surface area (Å²) in [5.74, 6) is 0.937. The molecule has 2 rings (SSSR count). The molecule has 29 heavy (non-hydrogen) atoms. The first kappa shape index (κ1) is 23.5. The molecule has 1 atom stereocenters. The highest BCUT2D eigenvalue weighted by atomic mass is 79.9. The normalized spacial score (nSPS) is 11.9. The van der Waals surface area contributed by atoms with Crippen molar-refractivity contribution in [2.24, 2.45) is 0 Å². The van der Waals surface area contributed by atoms with Crippen LogP contribution in [0.3, 0.4) is 0 Å². The molecule has 0 spiro atoms. The fourth-order valence-electron chi connectivity index (χ4n) is 2.88. The van der Waals surface area contributed by atoms with Crippen molar-refractivity contribution >= 4 is 39.5 Å². The van der Waals surface area contributed by atoms with Crippen LogP contribution >= 0.6 is 27.7 Å². The molecule has 0 saturated heterocycles. The SMILES string of the molecule is Cc1ccccc1CN(C(=O)CSCc1ccc(Br)cc1)[C@@H](C)C(=O)NC(C)C. The summed E-state index contributed by atoms with van der Waals surface area (Å²) >= 11 is 5.00. The molecular weight excluding hydrogens is 448 g/mol. The van der Waals surface area contributed by atoms with Gasteiger partial charge in [-0.3, -0.25) is 9.59 Å². The van der Waals surface area contributed by atoms with Crippen LogP contribution in [0.2, 0.25) is 0 Å². The first-order valence-corrected chi connectivity index (χ1v) is 11.7. The van der Waals surface area contributed by atoms with Crippen LogP contribution in [-0.2, 0) is 21.9 Å². The van der Waals surface area contributed by atoms with Crippen LogP contribution in [-0.4, -0.2) is 34.6 Å². The lowest BCUT2D eigenvalue weighted by Gasteiger charge is -2.30. The van der Waals surface area contributed by atoms with Gasteiger partial charge in [-0.15, -0.1) is 11.8 Å². The second-order valence-electron chi connectivity index (χ2n) is 7.41. The molecule has 2 aromatic rings. The van der Waals surface area contributed by atoms with Crippen LogP contribution in [0.1, 0.15) is 37.5 Å². The number of rotatable bonds is 9. The topological polar surface area (TPSA) is 49.4 Å². The average molecular weight is 477 g/mol. The summed E-state index contributed by atoms with van der Waals surface area (Å²) in [6, 6.07) is 15.6. The Hall–Kier alpha value is -1.79. The summed E-state index contributed by atoms with van der Waals surface area (Å²) in [5, 5.41) is 2.92. The molecule has 0 saturated carbocycles. The molecule has 0 bridgehead atoms. The van der Waals surface area contributed by atoms with E-state index in [1.165, 1.54) is 5.56 Å². The Kier molecular flexibility index (Phi) is 9.24. The maximum Gasteiger partial charge on any atom is 0.242 e. The quantitative estimate of drug-likeness (QED) is 0.557. The van der Waals surface area contributed by atoms with Crippen molar-refractivity contribution in [3.05, 3.63) is 69.7 Å². The van der Waals surface area contributed by atoms with Gasteiger partial charge in [-0.25, -0.2) is 0 Å². The van der Waals surface area contributed by atoms with Crippen LogP contribution in [0.4, 0.5) is 0 Å². The largest absolute Gasteiger partial charge is 0.352 e. The highest BCUT2D eigenvalue weighted by Gasteiger charge is 2.26. The lowest BCUT2D eigenvalue weighted by molar-refractivity contribution is -0.138. The Morgan fingerprint density at radius 1 is 1.07 bits per heavy atom. The van der Waals surface area contributed by atoms with Gasteiger partial charge in [0.2, 0.25) is 11.8 Å². The number of nitrogens with zero attached hydrogens (tertiary/aromatic N) is 1. The van der Waals surface area contributed by atoms with Gasteiger partial charge in [-0.2, -0.15) is 0 Å². The van der Waals surface area contributed by atoms with E-state index in [4.69, 9.17) is 0 Å². The second kappa shape index (κ2) is 11.4. The van der Waals surface area contributed by atoms with Gasteiger partial charge >= 0.3 is 0 Å². The summed E-state index contributed by atoms with van der Waals surface area (Å²) in [6.45, 7) is 8.10. The van der Waals surface area contributed by atoms with E-state index >= 15 is 0 Å². The van der Waals surface area contributed by atoms with Crippen molar-refractivity contribution in [2.75, 3.05) is 5.75 Å². The molecule has 156 valence electrons. The number of thioether (sulfide) groups is 1. The van der Waals surface area contributed by atoms with Crippen LogP contribution in [0.25, 0.3) is 0 Å². The van der Waals surface area contributed by atoms with E-state index in [0.29, 0.717) is 12.3 Å². The van der Waals surface area contributed by atoms with Crippen LogP contribution in [0.5, 0.6) is 0 Å². The third kappa shape index (κ3) is 7.52. The molecule has 2 aromatic carbocycles. The summed E-state index contributed by atoms with van der Waals surface area (Å²) in [7, 11) is 0. The molecular formula is C23H29BrN2O2S. The van der Waals surface area contributed by atoms with Gasteiger partial charge in [0.15, 0.2) is 0 Å². The van der Waals surface area contributed by atoms with Crippen molar-refractivity contribution in [3.63, 3.8) is 0 Å². The van der Waals surface area contributed by atoms with Gasteiger partial charge in [0.25, 0.3) is 0 Å². The summed E-state index contributed by atoms with van der Waals surface area (Å²) in [4.78, 5) is 27.3. The van der Waals surface area contributed by atoms with Gasteiger partial charge in [-0.1, -0.05) is 52.3 Å². The molecule has 6 heteroatoms. The number of nitrogens with one attached hydrogen (secondary N) is 1. The third-order valence-electron chi connectivity index (χ3n) is 4.61. The maximum absolute atomic E-state index is 13.1. The molecule has 0 aromatic heterocycles. The first-order valence-electron chi connectivity index (χ1n) is 9.74. The Bertz CT molecular complexity index is 824. The second-order valence-corrected chi connectivity index (χ2v) is 9.31. The number of hydrogen-bond donors (Lipinski definition) is 1. The van der Waals surface area contributed by atoms with Gasteiger partial charge < -0.3 is 10.2 Å². The number of carbonyl (C=O) groups excluding carboxylic acids is 2. The van der Waals surface area contributed by atoms with Crippen molar-refractivity contribution in [1.29, 1.82) is 0 Å². The molecule has 0 heterocycles. The number of hydrogen-bond acceptors (Lipinski definition) is 3. The predicted octanol–water partition coefficient (Wildman–Crippen LogP) is 4.93. The smallest absolute Gasteiger partial charge is 0.242 e. The van der Waals surface area contributed by atoms with E-state index in [9.17, 15) is 9.59 Å². The van der Waals surface area contributed by atoms with Crippen molar-refractivity contribution in [2.45, 2.75) is 52.1 Å². The summed E-state index contributed by atoms with van der Waals surface area (Å²) in [5.41, 5.74) is 3.34. The molecule has 1 N–H and O–H groups in total. The van der Waals surface area contributed by atoms with E-state index in [0.717, 1.165) is 21.4 Å². The molecule has 0 aliphatic carbocycles. The van der Waals surface area contributed by atoms with Crippen molar-refractivity contribution in [3.8, 4) is 0 Å². The van der Waals surface area contributed by atoms with E-state index < -0.39 is 6.04 Å². The zero-order valence-electron chi connectivity index (χ0n) is 17.4. The zero-order valence-corrected chi connectivity index (χ0v) is 19.8. The molecule has 2 amide bonds. The van der Waals surface area contributed by atoms with Gasteiger partial charge in [-0.05, 0) is 56.5 Å². The van der Waals surface area contributed by atoms with Crippen molar-refractivity contribution < 1.29 is 9.59 Å². The van der Waals surface area contributed by atoms with E-state index in [1.54, 1.807) is 23.6 Å². The highest BCUT2D eigenvalue weighted by molar-refractivity contribution is 9.10. The third-order valence-corrected chi connectivity index (χ3v) is 6.12. The number of halogens is 1. The number of carbonyl (C=O) groups is 2. The van der Waals surface area contributed by atoms with Crippen LogP contribution < -0.4 is 5.32 Å². The molecule has 0 fully saturated rings. The Morgan fingerprint density at radius 2 is 1.72 bits per heavy atom. The lowest BCUT2D eigenvalue weighted by Crippen LogP contribution is -2.49. The minimum atomic E-state index is -0.530. The van der Waals surface area contributed by atoms with E-state index in [2.05, 4.69) is 21.2 Å². The van der Waals surface area contributed by atoms with Gasteiger partial charge in [0.05, 0.1) is 5.75 Å².